The lowest BCUT2D eigenvalue weighted by Crippen LogP contribution is -2.42. The summed E-state index contributed by atoms with van der Waals surface area (Å²) >= 11 is 0. The van der Waals surface area contributed by atoms with Crippen LogP contribution in [-0.2, 0) is 14.8 Å². The van der Waals surface area contributed by atoms with Gasteiger partial charge in [-0.05, 0) is 31.4 Å². The Hall–Kier alpha value is -1.49. The standard InChI is InChI=1S/C12H14N2O3S/c15-10-13-12-8-4-5-9-14(12)18(16,17)11-6-2-1-3-7-11/h1-3,6-7,12H,4-5,8-9H2. The highest BCUT2D eigenvalue weighted by atomic mass is 32.2. The Morgan fingerprint density at radius 1 is 1.22 bits per heavy atom. The number of nitrogens with zero attached hydrogens (tertiary/aromatic N) is 2. The number of isocyanates is 1. The van der Waals surface area contributed by atoms with Crippen molar-refractivity contribution in [3.05, 3.63) is 30.3 Å². The first-order valence-electron chi connectivity index (χ1n) is 5.80. The van der Waals surface area contributed by atoms with E-state index in [9.17, 15) is 13.2 Å². The molecule has 0 aromatic heterocycles. The van der Waals surface area contributed by atoms with E-state index >= 15 is 0 Å². The number of sulfonamides is 1. The van der Waals surface area contributed by atoms with Crippen LogP contribution in [0.5, 0.6) is 0 Å². The van der Waals surface area contributed by atoms with Gasteiger partial charge in [0, 0.05) is 6.54 Å². The van der Waals surface area contributed by atoms with E-state index in [2.05, 4.69) is 4.99 Å². The molecular formula is C12H14N2O3S. The summed E-state index contributed by atoms with van der Waals surface area (Å²) in [5.74, 6) is 0. The van der Waals surface area contributed by atoms with Crippen molar-refractivity contribution in [1.29, 1.82) is 0 Å². The number of carbonyl (C=O) groups excluding carboxylic acids is 1. The van der Waals surface area contributed by atoms with E-state index < -0.39 is 16.2 Å². The highest BCUT2D eigenvalue weighted by Crippen LogP contribution is 2.25. The number of piperidine rings is 1. The average Bonchev–Trinajstić information content (AvgIpc) is 2.41. The summed E-state index contributed by atoms with van der Waals surface area (Å²) in [7, 11) is -3.57. The molecule has 96 valence electrons. The molecule has 1 aliphatic heterocycles. The first-order chi connectivity index (χ1) is 8.66. The topological polar surface area (TPSA) is 66.8 Å². The summed E-state index contributed by atoms with van der Waals surface area (Å²) in [6, 6.07) is 8.21. The number of aliphatic imine (C=N–C) groups is 1. The van der Waals surface area contributed by atoms with Gasteiger partial charge in [-0.3, -0.25) is 0 Å². The third-order valence-corrected chi connectivity index (χ3v) is 4.89. The molecule has 0 amide bonds. The molecule has 2 rings (SSSR count). The zero-order chi connectivity index (χ0) is 13.0. The molecule has 0 aliphatic carbocycles. The second kappa shape index (κ2) is 5.44. The zero-order valence-electron chi connectivity index (χ0n) is 9.82. The van der Waals surface area contributed by atoms with Gasteiger partial charge in [0.15, 0.2) is 0 Å². The van der Waals surface area contributed by atoms with Crippen LogP contribution in [0.2, 0.25) is 0 Å². The van der Waals surface area contributed by atoms with Crippen LogP contribution in [0, 0.1) is 0 Å². The van der Waals surface area contributed by atoms with E-state index in [1.54, 1.807) is 30.3 Å². The van der Waals surface area contributed by atoms with Gasteiger partial charge in [-0.2, -0.15) is 9.30 Å². The van der Waals surface area contributed by atoms with Gasteiger partial charge in [0.2, 0.25) is 16.1 Å². The summed E-state index contributed by atoms with van der Waals surface area (Å²) in [4.78, 5) is 14.2. The van der Waals surface area contributed by atoms with Crippen LogP contribution in [0.1, 0.15) is 19.3 Å². The van der Waals surface area contributed by atoms with Crippen LogP contribution >= 0.6 is 0 Å². The lowest BCUT2D eigenvalue weighted by atomic mass is 10.1. The second-order valence-electron chi connectivity index (χ2n) is 4.13. The van der Waals surface area contributed by atoms with E-state index in [1.807, 2.05) is 0 Å². The van der Waals surface area contributed by atoms with E-state index in [1.165, 1.54) is 10.4 Å². The van der Waals surface area contributed by atoms with Crippen LogP contribution in [0.4, 0.5) is 0 Å². The SMILES string of the molecule is O=C=NC1CCCCN1S(=O)(=O)c1ccccc1. The van der Waals surface area contributed by atoms with Crippen molar-refractivity contribution >= 4 is 16.1 Å². The normalized spacial score (nSPS) is 21.2. The highest BCUT2D eigenvalue weighted by Gasteiger charge is 2.33. The smallest absolute Gasteiger partial charge is 0.211 e. The molecule has 1 fully saturated rings. The molecule has 0 bridgehead atoms. The van der Waals surface area contributed by atoms with Gasteiger partial charge in [-0.25, -0.2) is 13.2 Å². The Labute approximate surface area is 106 Å². The van der Waals surface area contributed by atoms with Crippen LogP contribution in [-0.4, -0.2) is 31.5 Å². The first kappa shape index (κ1) is 13.0. The molecule has 1 unspecified atom stereocenters. The molecular weight excluding hydrogens is 252 g/mol. The number of rotatable bonds is 3. The summed E-state index contributed by atoms with van der Waals surface area (Å²) in [5, 5.41) is 0. The Kier molecular flexibility index (Phi) is 3.91. The fourth-order valence-electron chi connectivity index (χ4n) is 2.09. The third-order valence-electron chi connectivity index (χ3n) is 2.97. The van der Waals surface area contributed by atoms with Crippen molar-refractivity contribution in [2.45, 2.75) is 30.3 Å². The van der Waals surface area contributed by atoms with Gasteiger partial charge in [0.25, 0.3) is 0 Å². The molecule has 18 heavy (non-hydrogen) atoms. The summed E-state index contributed by atoms with van der Waals surface area (Å²) in [6.07, 6.45) is 3.08. The lowest BCUT2D eigenvalue weighted by molar-refractivity contribution is 0.259. The van der Waals surface area contributed by atoms with E-state index in [0.717, 1.165) is 12.8 Å². The molecule has 1 saturated heterocycles. The summed E-state index contributed by atoms with van der Waals surface area (Å²) in [5.41, 5.74) is 0. The molecule has 1 heterocycles. The van der Waals surface area contributed by atoms with Gasteiger partial charge in [-0.1, -0.05) is 18.2 Å². The Morgan fingerprint density at radius 2 is 1.94 bits per heavy atom. The molecule has 0 saturated carbocycles. The highest BCUT2D eigenvalue weighted by molar-refractivity contribution is 7.89. The van der Waals surface area contributed by atoms with Crippen LogP contribution < -0.4 is 0 Å². The second-order valence-corrected chi connectivity index (χ2v) is 6.02. The molecule has 1 aromatic carbocycles. The van der Waals surface area contributed by atoms with E-state index in [0.29, 0.717) is 13.0 Å². The van der Waals surface area contributed by atoms with Crippen molar-refractivity contribution in [2.24, 2.45) is 4.99 Å². The van der Waals surface area contributed by atoms with Gasteiger partial charge in [0.05, 0.1) is 4.90 Å². The maximum atomic E-state index is 12.4. The fraction of sp³-hybridized carbons (Fsp3) is 0.417. The minimum Gasteiger partial charge on any atom is -0.211 e. The molecule has 0 N–H and O–H groups in total. The average molecular weight is 266 g/mol. The van der Waals surface area contributed by atoms with Crippen LogP contribution in [0.15, 0.2) is 40.2 Å². The molecule has 1 atom stereocenters. The minimum absolute atomic E-state index is 0.234. The van der Waals surface area contributed by atoms with Crippen molar-refractivity contribution in [3.63, 3.8) is 0 Å². The van der Waals surface area contributed by atoms with Crippen molar-refractivity contribution in [3.8, 4) is 0 Å². The fourth-order valence-corrected chi connectivity index (χ4v) is 3.70. The predicted octanol–water partition coefficient (Wildman–Crippen LogP) is 1.52. The Morgan fingerprint density at radius 3 is 2.61 bits per heavy atom. The number of hydrogen-bond acceptors (Lipinski definition) is 4. The number of hydrogen-bond donors (Lipinski definition) is 0. The van der Waals surface area contributed by atoms with Crippen LogP contribution in [0.25, 0.3) is 0 Å². The van der Waals surface area contributed by atoms with Crippen molar-refractivity contribution < 1.29 is 13.2 Å². The molecule has 0 spiro atoms. The molecule has 0 radical (unpaired) electrons. The Balaban J connectivity index is 2.36. The summed E-state index contributed by atoms with van der Waals surface area (Å²) < 4.78 is 26.1. The minimum atomic E-state index is -3.57. The van der Waals surface area contributed by atoms with E-state index in [-0.39, 0.29) is 4.90 Å². The largest absolute Gasteiger partial charge is 0.244 e. The first-order valence-corrected chi connectivity index (χ1v) is 7.24. The van der Waals surface area contributed by atoms with Crippen LogP contribution in [0.3, 0.4) is 0 Å². The maximum Gasteiger partial charge on any atom is 0.244 e. The molecule has 5 nitrogen and oxygen atoms in total. The monoisotopic (exact) mass is 266 g/mol. The third kappa shape index (κ3) is 2.51. The maximum absolute atomic E-state index is 12.4. The van der Waals surface area contributed by atoms with Gasteiger partial charge in [0.1, 0.15) is 6.17 Å². The van der Waals surface area contributed by atoms with Crippen molar-refractivity contribution in [2.75, 3.05) is 6.54 Å². The molecule has 1 aromatic rings. The zero-order valence-corrected chi connectivity index (χ0v) is 10.6. The Bertz CT molecular complexity index is 550. The quantitative estimate of drug-likeness (QED) is 0.615. The molecule has 6 heteroatoms. The van der Waals surface area contributed by atoms with Crippen molar-refractivity contribution in [1.82, 2.24) is 4.31 Å². The predicted molar refractivity (Wildman–Crippen MR) is 66.1 cm³/mol. The summed E-state index contributed by atoms with van der Waals surface area (Å²) in [6.45, 7) is 0.396. The van der Waals surface area contributed by atoms with E-state index in [4.69, 9.17) is 0 Å². The van der Waals surface area contributed by atoms with Gasteiger partial charge in [-0.15, -0.1) is 0 Å². The number of benzene rings is 1. The lowest BCUT2D eigenvalue weighted by Gasteiger charge is -2.31. The van der Waals surface area contributed by atoms with Gasteiger partial charge < -0.3 is 0 Å². The van der Waals surface area contributed by atoms with Gasteiger partial charge >= 0.3 is 0 Å². The molecule has 1 aliphatic rings.